The Kier molecular flexibility index (Phi) is 3.95. The Labute approximate surface area is 104 Å². The molecule has 0 saturated carbocycles. The van der Waals surface area contributed by atoms with Crippen LogP contribution >= 0.6 is 15.9 Å². The second-order valence-corrected chi connectivity index (χ2v) is 6.15. The van der Waals surface area contributed by atoms with Crippen LogP contribution in [0.1, 0.15) is 5.56 Å². The maximum atomic E-state index is 11.9. The minimum absolute atomic E-state index is 0.174. The predicted molar refractivity (Wildman–Crippen MR) is 67.3 cm³/mol. The number of sulfonamides is 1. The zero-order chi connectivity index (χ0) is 12.5. The summed E-state index contributed by atoms with van der Waals surface area (Å²) in [5.41, 5.74) is 6.69. The molecule has 0 aliphatic carbocycles. The van der Waals surface area contributed by atoms with E-state index in [9.17, 15) is 8.42 Å². The maximum absolute atomic E-state index is 11.9. The van der Waals surface area contributed by atoms with Crippen molar-refractivity contribution in [2.75, 3.05) is 19.8 Å². The summed E-state index contributed by atoms with van der Waals surface area (Å²) in [6.07, 6.45) is 0. The largest absolute Gasteiger partial charge is 0.398 e. The van der Waals surface area contributed by atoms with E-state index in [-0.39, 0.29) is 4.90 Å². The van der Waals surface area contributed by atoms with Crippen LogP contribution in [0.25, 0.3) is 0 Å². The first-order valence-electron chi connectivity index (χ1n) is 4.49. The zero-order valence-corrected chi connectivity index (χ0v) is 11.7. The average Bonchev–Trinajstić information content (AvgIpc) is 2.08. The summed E-state index contributed by atoms with van der Waals surface area (Å²) in [6, 6.07) is 3.20. The third kappa shape index (κ3) is 2.94. The molecule has 7 heteroatoms. The van der Waals surface area contributed by atoms with Crippen molar-refractivity contribution in [2.24, 2.45) is 0 Å². The van der Waals surface area contributed by atoms with Gasteiger partial charge in [-0.25, -0.2) is 13.4 Å². The van der Waals surface area contributed by atoms with E-state index in [1.807, 2.05) is 0 Å². The smallest absolute Gasteiger partial charge is 0.253 e. The lowest BCUT2D eigenvalue weighted by molar-refractivity contribution is 0.364. The summed E-state index contributed by atoms with van der Waals surface area (Å²) in [7, 11) is -0.359. The van der Waals surface area contributed by atoms with Crippen molar-refractivity contribution in [3.8, 4) is 0 Å². The predicted octanol–water partition coefficient (Wildman–Crippen LogP) is 1.09. The number of anilines is 1. The summed E-state index contributed by atoms with van der Waals surface area (Å²) in [4.78, 5) is 2.53. The standard InChI is InChI=1S/C9H14BrN3O2S/c1-6-8(11)4-7(10)5-9(6)16(14,15)12-13(2)3/h4-5,12H,11H2,1-3H3. The van der Waals surface area contributed by atoms with Crippen LogP contribution in [0.15, 0.2) is 21.5 Å². The van der Waals surface area contributed by atoms with Crippen LogP contribution < -0.4 is 10.6 Å². The fourth-order valence-electron chi connectivity index (χ4n) is 1.24. The van der Waals surface area contributed by atoms with E-state index < -0.39 is 10.0 Å². The number of hydrogen-bond donors (Lipinski definition) is 2. The Balaban J connectivity index is 3.33. The van der Waals surface area contributed by atoms with Gasteiger partial charge in [0.15, 0.2) is 0 Å². The molecule has 0 aliphatic heterocycles. The van der Waals surface area contributed by atoms with E-state index in [0.717, 1.165) is 0 Å². The van der Waals surface area contributed by atoms with E-state index in [0.29, 0.717) is 15.7 Å². The molecule has 1 rings (SSSR count). The normalized spacial score (nSPS) is 12.1. The van der Waals surface area contributed by atoms with Gasteiger partial charge < -0.3 is 5.73 Å². The van der Waals surface area contributed by atoms with Crippen LogP contribution in [-0.2, 0) is 10.0 Å². The highest BCUT2D eigenvalue weighted by Gasteiger charge is 2.19. The first-order valence-corrected chi connectivity index (χ1v) is 6.77. The fourth-order valence-corrected chi connectivity index (χ4v) is 3.25. The lowest BCUT2D eigenvalue weighted by atomic mass is 10.2. The molecule has 0 saturated heterocycles. The Bertz CT molecular complexity index is 500. The minimum Gasteiger partial charge on any atom is -0.398 e. The van der Waals surface area contributed by atoms with Gasteiger partial charge in [0.25, 0.3) is 10.0 Å². The summed E-state index contributed by atoms with van der Waals surface area (Å²) in [5, 5.41) is 1.37. The van der Waals surface area contributed by atoms with Crippen LogP contribution in [0.2, 0.25) is 0 Å². The highest BCUT2D eigenvalue weighted by atomic mass is 79.9. The van der Waals surface area contributed by atoms with Crippen molar-refractivity contribution in [3.63, 3.8) is 0 Å². The molecule has 3 N–H and O–H groups in total. The molecule has 90 valence electrons. The van der Waals surface area contributed by atoms with Crippen molar-refractivity contribution in [3.05, 3.63) is 22.2 Å². The Morgan fingerprint density at radius 2 is 1.94 bits per heavy atom. The third-order valence-corrected chi connectivity index (χ3v) is 4.02. The van der Waals surface area contributed by atoms with Crippen molar-refractivity contribution >= 4 is 31.6 Å². The number of hydrazine groups is 1. The van der Waals surface area contributed by atoms with Gasteiger partial charge in [-0.3, -0.25) is 0 Å². The van der Waals surface area contributed by atoms with Crippen molar-refractivity contribution in [1.82, 2.24) is 9.84 Å². The molecule has 0 fully saturated rings. The molecule has 0 aliphatic rings. The van der Waals surface area contributed by atoms with Gasteiger partial charge in [-0.05, 0) is 24.6 Å². The molecular weight excluding hydrogens is 294 g/mol. The molecular formula is C9H14BrN3O2S. The summed E-state index contributed by atoms with van der Waals surface area (Å²) in [6.45, 7) is 1.67. The molecule has 1 aromatic rings. The Hall–Kier alpha value is -0.630. The minimum atomic E-state index is -3.57. The first-order chi connectivity index (χ1) is 7.24. The second-order valence-electron chi connectivity index (χ2n) is 3.61. The van der Waals surface area contributed by atoms with E-state index in [1.165, 1.54) is 11.1 Å². The molecule has 0 atom stereocenters. The molecule has 0 amide bonds. The fraction of sp³-hybridized carbons (Fsp3) is 0.333. The highest BCUT2D eigenvalue weighted by molar-refractivity contribution is 9.10. The topological polar surface area (TPSA) is 75.4 Å². The highest BCUT2D eigenvalue weighted by Crippen LogP contribution is 2.26. The van der Waals surface area contributed by atoms with Crippen LogP contribution in [0, 0.1) is 6.92 Å². The lowest BCUT2D eigenvalue weighted by Crippen LogP contribution is -2.36. The van der Waals surface area contributed by atoms with E-state index in [2.05, 4.69) is 20.8 Å². The molecule has 5 nitrogen and oxygen atoms in total. The Morgan fingerprint density at radius 3 is 2.44 bits per heavy atom. The van der Waals surface area contributed by atoms with Crippen molar-refractivity contribution in [1.29, 1.82) is 0 Å². The number of halogens is 1. The van der Waals surface area contributed by atoms with Crippen LogP contribution in [0.3, 0.4) is 0 Å². The van der Waals surface area contributed by atoms with E-state index in [4.69, 9.17) is 5.73 Å². The SMILES string of the molecule is Cc1c(N)cc(Br)cc1S(=O)(=O)NN(C)C. The van der Waals surface area contributed by atoms with Gasteiger partial charge in [0.05, 0.1) is 4.90 Å². The Morgan fingerprint density at radius 1 is 1.38 bits per heavy atom. The van der Waals surface area contributed by atoms with Crippen LogP contribution in [-0.4, -0.2) is 27.5 Å². The van der Waals surface area contributed by atoms with E-state index in [1.54, 1.807) is 27.1 Å². The molecule has 16 heavy (non-hydrogen) atoms. The van der Waals surface area contributed by atoms with Gasteiger partial charge in [-0.15, -0.1) is 4.83 Å². The third-order valence-electron chi connectivity index (χ3n) is 1.96. The second kappa shape index (κ2) is 4.70. The molecule has 1 aromatic carbocycles. The number of hydrogen-bond acceptors (Lipinski definition) is 4. The molecule has 0 unspecified atom stereocenters. The van der Waals surface area contributed by atoms with Gasteiger partial charge in [0.1, 0.15) is 0 Å². The van der Waals surface area contributed by atoms with Crippen molar-refractivity contribution in [2.45, 2.75) is 11.8 Å². The number of nitrogens with two attached hydrogens (primary N) is 1. The molecule has 0 heterocycles. The number of benzene rings is 1. The number of nitrogen functional groups attached to an aromatic ring is 1. The number of nitrogens with zero attached hydrogens (tertiary/aromatic N) is 1. The maximum Gasteiger partial charge on any atom is 0.253 e. The van der Waals surface area contributed by atoms with Gasteiger partial charge in [-0.1, -0.05) is 15.9 Å². The van der Waals surface area contributed by atoms with Crippen LogP contribution in [0.4, 0.5) is 5.69 Å². The summed E-state index contributed by atoms with van der Waals surface area (Å²) in [5.74, 6) is 0. The summed E-state index contributed by atoms with van der Waals surface area (Å²) < 4.78 is 24.5. The van der Waals surface area contributed by atoms with Gasteiger partial charge in [-0.2, -0.15) is 0 Å². The zero-order valence-electron chi connectivity index (χ0n) is 9.28. The number of rotatable bonds is 3. The monoisotopic (exact) mass is 307 g/mol. The van der Waals surface area contributed by atoms with Gasteiger partial charge in [0.2, 0.25) is 0 Å². The van der Waals surface area contributed by atoms with Gasteiger partial charge in [0, 0.05) is 24.3 Å². The first kappa shape index (κ1) is 13.4. The molecule has 0 bridgehead atoms. The van der Waals surface area contributed by atoms with Gasteiger partial charge >= 0.3 is 0 Å². The quantitative estimate of drug-likeness (QED) is 0.647. The van der Waals surface area contributed by atoms with E-state index >= 15 is 0 Å². The molecule has 0 radical (unpaired) electrons. The average molecular weight is 308 g/mol. The number of nitrogens with one attached hydrogen (secondary N) is 1. The van der Waals surface area contributed by atoms with Crippen molar-refractivity contribution < 1.29 is 8.42 Å². The van der Waals surface area contributed by atoms with Crippen LogP contribution in [0.5, 0.6) is 0 Å². The molecule has 0 aromatic heterocycles. The lowest BCUT2D eigenvalue weighted by Gasteiger charge is -2.15. The summed E-state index contributed by atoms with van der Waals surface area (Å²) >= 11 is 3.22. The molecule has 0 spiro atoms.